The van der Waals surface area contributed by atoms with Gasteiger partial charge >= 0.3 is 0 Å². The fourth-order valence-corrected chi connectivity index (χ4v) is 2.17. The third-order valence-electron chi connectivity index (χ3n) is 3.03. The van der Waals surface area contributed by atoms with Crippen LogP contribution in [0.15, 0.2) is 40.8 Å². The summed E-state index contributed by atoms with van der Waals surface area (Å²) in [5.74, 6) is 2.39. The Bertz CT molecular complexity index is 511. The first kappa shape index (κ1) is 12.9. The van der Waals surface area contributed by atoms with Crippen LogP contribution in [0.1, 0.15) is 38.0 Å². The minimum absolute atomic E-state index is 0.129. The number of furan rings is 1. The van der Waals surface area contributed by atoms with Gasteiger partial charge in [0.1, 0.15) is 11.5 Å². The molecule has 1 unspecified atom stereocenters. The molecule has 0 bridgehead atoms. The average Bonchev–Trinajstić information content (AvgIpc) is 2.76. The molecule has 0 aliphatic heterocycles. The number of benzene rings is 1. The van der Waals surface area contributed by atoms with Crippen molar-refractivity contribution < 1.29 is 4.42 Å². The lowest BCUT2D eigenvalue weighted by molar-refractivity contribution is 0.502. The first-order valence-electron chi connectivity index (χ1n) is 6.51. The summed E-state index contributed by atoms with van der Waals surface area (Å²) in [7, 11) is 0. The lowest BCUT2D eigenvalue weighted by Crippen LogP contribution is -2.17. The zero-order chi connectivity index (χ0) is 13.1. The first-order chi connectivity index (χ1) is 8.58. The lowest BCUT2D eigenvalue weighted by Gasteiger charge is -2.10. The molecule has 1 atom stereocenters. The molecule has 2 heteroatoms. The standard InChI is InChI=1S/C16H21NO/c1-11(2)14-6-4-5-7-15(14)16-9-8-13(18-16)10-12(3)17/h4-9,11-12H,10,17H2,1-3H3. The zero-order valence-corrected chi connectivity index (χ0v) is 11.3. The van der Waals surface area contributed by atoms with Crippen LogP contribution in [-0.2, 0) is 6.42 Å². The van der Waals surface area contributed by atoms with Crippen LogP contribution in [0.25, 0.3) is 11.3 Å². The normalized spacial score (nSPS) is 12.9. The van der Waals surface area contributed by atoms with Gasteiger partial charge in [-0.3, -0.25) is 0 Å². The molecule has 2 aromatic rings. The van der Waals surface area contributed by atoms with Crippen molar-refractivity contribution >= 4 is 0 Å². The van der Waals surface area contributed by atoms with Crippen molar-refractivity contribution in [2.45, 2.75) is 39.2 Å². The van der Waals surface area contributed by atoms with Gasteiger partial charge in [-0.25, -0.2) is 0 Å². The van der Waals surface area contributed by atoms with E-state index < -0.39 is 0 Å². The second-order valence-corrected chi connectivity index (χ2v) is 5.19. The molecule has 1 aromatic heterocycles. The van der Waals surface area contributed by atoms with Gasteiger partial charge in [-0.2, -0.15) is 0 Å². The zero-order valence-electron chi connectivity index (χ0n) is 11.3. The SMILES string of the molecule is CC(N)Cc1ccc(-c2ccccc2C(C)C)o1. The average molecular weight is 243 g/mol. The molecule has 0 radical (unpaired) electrons. The van der Waals surface area contributed by atoms with E-state index in [4.69, 9.17) is 10.2 Å². The molecule has 2 nitrogen and oxygen atoms in total. The Labute approximate surface area is 109 Å². The van der Waals surface area contributed by atoms with Gasteiger partial charge < -0.3 is 10.2 Å². The summed E-state index contributed by atoms with van der Waals surface area (Å²) in [6, 6.07) is 12.6. The van der Waals surface area contributed by atoms with Crippen LogP contribution in [0.2, 0.25) is 0 Å². The lowest BCUT2D eigenvalue weighted by atomic mass is 9.96. The highest BCUT2D eigenvalue weighted by atomic mass is 16.3. The number of rotatable bonds is 4. The van der Waals surface area contributed by atoms with Gasteiger partial charge in [0.25, 0.3) is 0 Å². The van der Waals surface area contributed by atoms with Crippen LogP contribution in [-0.4, -0.2) is 6.04 Å². The van der Waals surface area contributed by atoms with E-state index in [0.29, 0.717) is 5.92 Å². The van der Waals surface area contributed by atoms with Gasteiger partial charge in [0.15, 0.2) is 0 Å². The molecular formula is C16H21NO. The van der Waals surface area contributed by atoms with E-state index in [1.165, 1.54) is 11.1 Å². The molecule has 0 spiro atoms. The van der Waals surface area contributed by atoms with Gasteiger partial charge in [0.05, 0.1) is 0 Å². The molecule has 0 saturated heterocycles. The Balaban J connectivity index is 2.34. The largest absolute Gasteiger partial charge is 0.461 e. The maximum absolute atomic E-state index is 5.89. The summed E-state index contributed by atoms with van der Waals surface area (Å²) in [5.41, 5.74) is 8.29. The molecule has 1 heterocycles. The van der Waals surface area contributed by atoms with Crippen LogP contribution in [0.4, 0.5) is 0 Å². The first-order valence-corrected chi connectivity index (χ1v) is 6.51. The summed E-state index contributed by atoms with van der Waals surface area (Å²) >= 11 is 0. The third-order valence-corrected chi connectivity index (χ3v) is 3.03. The maximum atomic E-state index is 5.89. The Morgan fingerprint density at radius 3 is 2.44 bits per heavy atom. The van der Waals surface area contributed by atoms with Crippen LogP contribution in [0.5, 0.6) is 0 Å². The van der Waals surface area contributed by atoms with E-state index in [1.807, 2.05) is 19.1 Å². The smallest absolute Gasteiger partial charge is 0.134 e. The van der Waals surface area contributed by atoms with Crippen LogP contribution < -0.4 is 5.73 Å². The molecule has 96 valence electrons. The Morgan fingerprint density at radius 1 is 1.06 bits per heavy atom. The van der Waals surface area contributed by atoms with Crippen LogP contribution >= 0.6 is 0 Å². The Hall–Kier alpha value is -1.54. The van der Waals surface area contributed by atoms with E-state index in [2.05, 4.69) is 38.1 Å². The predicted molar refractivity (Wildman–Crippen MR) is 75.6 cm³/mol. The van der Waals surface area contributed by atoms with Gasteiger partial charge in [0.2, 0.25) is 0 Å². The van der Waals surface area contributed by atoms with E-state index >= 15 is 0 Å². The molecule has 0 saturated carbocycles. The highest BCUT2D eigenvalue weighted by Crippen LogP contribution is 2.30. The summed E-state index contributed by atoms with van der Waals surface area (Å²) in [6.07, 6.45) is 0.782. The minimum atomic E-state index is 0.129. The van der Waals surface area contributed by atoms with Crippen molar-refractivity contribution in [3.05, 3.63) is 47.7 Å². The Kier molecular flexibility index (Phi) is 3.87. The number of hydrogen-bond acceptors (Lipinski definition) is 2. The van der Waals surface area contributed by atoms with Crippen molar-refractivity contribution in [3.63, 3.8) is 0 Å². The Morgan fingerprint density at radius 2 is 1.78 bits per heavy atom. The van der Waals surface area contributed by atoms with E-state index in [0.717, 1.165) is 17.9 Å². The van der Waals surface area contributed by atoms with Crippen molar-refractivity contribution in [2.24, 2.45) is 5.73 Å². The topological polar surface area (TPSA) is 39.2 Å². The number of nitrogens with two attached hydrogens (primary N) is 1. The number of hydrogen-bond donors (Lipinski definition) is 1. The predicted octanol–water partition coefficient (Wildman–Crippen LogP) is 3.96. The summed E-state index contributed by atoms with van der Waals surface area (Å²) in [4.78, 5) is 0. The van der Waals surface area contributed by atoms with E-state index in [-0.39, 0.29) is 6.04 Å². The molecule has 0 aliphatic carbocycles. The molecular weight excluding hydrogens is 222 g/mol. The molecule has 0 aliphatic rings. The van der Waals surface area contributed by atoms with E-state index in [1.54, 1.807) is 0 Å². The van der Waals surface area contributed by atoms with Crippen molar-refractivity contribution in [2.75, 3.05) is 0 Å². The van der Waals surface area contributed by atoms with Crippen molar-refractivity contribution in [1.29, 1.82) is 0 Å². The highest BCUT2D eigenvalue weighted by Gasteiger charge is 2.11. The quantitative estimate of drug-likeness (QED) is 0.882. The molecule has 2 rings (SSSR count). The van der Waals surface area contributed by atoms with E-state index in [9.17, 15) is 0 Å². The molecule has 0 amide bonds. The minimum Gasteiger partial charge on any atom is -0.461 e. The van der Waals surface area contributed by atoms with Gasteiger partial charge in [0, 0.05) is 18.0 Å². The fraction of sp³-hybridized carbons (Fsp3) is 0.375. The third kappa shape index (κ3) is 2.82. The summed E-state index contributed by atoms with van der Waals surface area (Å²) in [6.45, 7) is 6.39. The van der Waals surface area contributed by atoms with Crippen molar-refractivity contribution in [1.82, 2.24) is 0 Å². The second-order valence-electron chi connectivity index (χ2n) is 5.19. The van der Waals surface area contributed by atoms with Gasteiger partial charge in [-0.15, -0.1) is 0 Å². The monoisotopic (exact) mass is 243 g/mol. The molecule has 0 fully saturated rings. The molecule has 2 N–H and O–H groups in total. The maximum Gasteiger partial charge on any atom is 0.134 e. The van der Waals surface area contributed by atoms with Gasteiger partial charge in [-0.05, 0) is 30.5 Å². The second kappa shape index (κ2) is 5.40. The molecule has 18 heavy (non-hydrogen) atoms. The van der Waals surface area contributed by atoms with Crippen molar-refractivity contribution in [3.8, 4) is 11.3 Å². The van der Waals surface area contributed by atoms with Crippen LogP contribution in [0, 0.1) is 0 Å². The fourth-order valence-electron chi connectivity index (χ4n) is 2.17. The van der Waals surface area contributed by atoms with Gasteiger partial charge in [-0.1, -0.05) is 38.1 Å². The highest BCUT2D eigenvalue weighted by molar-refractivity contribution is 5.63. The summed E-state index contributed by atoms with van der Waals surface area (Å²) < 4.78 is 5.89. The van der Waals surface area contributed by atoms with Crippen LogP contribution in [0.3, 0.4) is 0 Å². The molecule has 1 aromatic carbocycles. The summed E-state index contributed by atoms with van der Waals surface area (Å²) in [5, 5.41) is 0.